The number of nitrogens with one attached hydrogen (secondary N) is 1. The first-order chi connectivity index (χ1) is 15.3. The Morgan fingerprint density at radius 1 is 1.03 bits per heavy atom. The molecule has 0 aromatic heterocycles. The molecule has 1 aliphatic rings. The zero-order valence-electron chi connectivity index (χ0n) is 21.1. The number of halogens is 1. The van der Waals surface area contributed by atoms with Gasteiger partial charge in [0, 0.05) is 25.6 Å². The molecule has 1 aliphatic heterocycles. The fraction of sp³-hybridized carbons (Fsp3) is 0.640. The van der Waals surface area contributed by atoms with Crippen LogP contribution in [0.15, 0.2) is 30.3 Å². The summed E-state index contributed by atoms with van der Waals surface area (Å²) in [7, 11) is 0. The number of carbonyl (C=O) groups is 3. The first-order valence-electron chi connectivity index (χ1n) is 11.5. The van der Waals surface area contributed by atoms with Crippen LogP contribution in [0, 0.1) is 0 Å². The molecule has 8 nitrogen and oxygen atoms in total. The number of amides is 1. The fourth-order valence-electron chi connectivity index (χ4n) is 3.45. The van der Waals surface area contributed by atoms with Gasteiger partial charge in [0.05, 0.1) is 0 Å². The molecular weight excluding hydrogens is 460 g/mol. The Morgan fingerprint density at radius 2 is 1.65 bits per heavy atom. The molecule has 1 aromatic carbocycles. The molecule has 1 N–H and O–H groups in total. The van der Waals surface area contributed by atoms with Crippen molar-refractivity contribution >= 4 is 30.4 Å². The maximum absolute atomic E-state index is 12.8. The van der Waals surface area contributed by atoms with Gasteiger partial charge in [0.15, 0.2) is 0 Å². The zero-order valence-corrected chi connectivity index (χ0v) is 21.9. The van der Waals surface area contributed by atoms with E-state index in [-0.39, 0.29) is 50.0 Å². The predicted octanol–water partition coefficient (Wildman–Crippen LogP) is 4.24. The molecule has 1 amide bonds. The molecule has 2 atom stereocenters. The topological polar surface area (TPSA) is 94.2 Å². The van der Waals surface area contributed by atoms with Crippen LogP contribution in [0.25, 0.3) is 0 Å². The first-order valence-corrected chi connectivity index (χ1v) is 11.5. The largest absolute Gasteiger partial charge is 0.460 e. The molecule has 0 radical (unpaired) electrons. The van der Waals surface area contributed by atoms with Crippen LogP contribution in [0.5, 0.6) is 0 Å². The van der Waals surface area contributed by atoms with Crippen molar-refractivity contribution in [3.05, 3.63) is 35.9 Å². The van der Waals surface area contributed by atoms with Gasteiger partial charge in [-0.05, 0) is 59.9 Å². The molecular formula is C25H39ClN2O6. The molecule has 1 aromatic rings. The molecule has 0 saturated carbocycles. The van der Waals surface area contributed by atoms with Crippen molar-refractivity contribution in [2.45, 2.75) is 90.7 Å². The Balaban J connectivity index is 0.00000578. The quantitative estimate of drug-likeness (QED) is 0.423. The minimum atomic E-state index is -0.679. The summed E-state index contributed by atoms with van der Waals surface area (Å²) in [4.78, 5) is 39.0. The smallest absolute Gasteiger partial charge is 0.410 e. The highest BCUT2D eigenvalue weighted by molar-refractivity contribution is 5.85. The van der Waals surface area contributed by atoms with Gasteiger partial charge in [-0.3, -0.25) is 14.9 Å². The van der Waals surface area contributed by atoms with Crippen LogP contribution in [0.4, 0.5) is 4.79 Å². The summed E-state index contributed by atoms with van der Waals surface area (Å²) in [6.45, 7) is 12.0. The lowest BCUT2D eigenvalue weighted by molar-refractivity contribution is -0.159. The Bertz CT molecular complexity index is 804. The average molecular weight is 499 g/mol. The molecule has 0 unspecified atom stereocenters. The normalized spacial score (nSPS) is 16.9. The van der Waals surface area contributed by atoms with Gasteiger partial charge in [-0.15, -0.1) is 12.4 Å². The van der Waals surface area contributed by atoms with E-state index in [0.29, 0.717) is 19.5 Å². The zero-order chi connectivity index (χ0) is 24.6. The van der Waals surface area contributed by atoms with Gasteiger partial charge >= 0.3 is 18.0 Å². The molecule has 192 valence electrons. The van der Waals surface area contributed by atoms with Crippen LogP contribution in [0.1, 0.15) is 66.4 Å². The van der Waals surface area contributed by atoms with Crippen LogP contribution >= 0.6 is 12.4 Å². The standard InChI is InChI=1S/C25H38N2O6.ClH/c1-24(2,3)32-21(28)13-12-20(22(29)33-25(4,5)6)26-19-14-15-27(16-19)23(30)31-17-18-10-8-7-9-11-18;/h7-11,19-20,26H,12-17H2,1-6H3;1H/t19-,20-;/m0./s1. The molecule has 34 heavy (non-hydrogen) atoms. The number of carbonyl (C=O) groups excluding carboxylic acids is 3. The van der Waals surface area contributed by atoms with Gasteiger partial charge in [-0.25, -0.2) is 4.79 Å². The molecule has 0 bridgehead atoms. The van der Waals surface area contributed by atoms with Crippen molar-refractivity contribution in [3.8, 4) is 0 Å². The number of rotatable bonds is 8. The van der Waals surface area contributed by atoms with Gasteiger partial charge in [-0.1, -0.05) is 30.3 Å². The average Bonchev–Trinajstić information content (AvgIpc) is 3.16. The van der Waals surface area contributed by atoms with Gasteiger partial charge in [-0.2, -0.15) is 0 Å². The lowest BCUT2D eigenvalue weighted by Gasteiger charge is -2.27. The second kappa shape index (κ2) is 13.0. The molecule has 1 fully saturated rings. The Morgan fingerprint density at radius 3 is 2.24 bits per heavy atom. The number of esters is 2. The summed E-state index contributed by atoms with van der Waals surface area (Å²) < 4.78 is 16.3. The van der Waals surface area contributed by atoms with Crippen LogP contribution in [-0.4, -0.2) is 59.3 Å². The number of hydrogen-bond acceptors (Lipinski definition) is 7. The molecule has 0 spiro atoms. The van der Waals surface area contributed by atoms with Gasteiger partial charge in [0.25, 0.3) is 0 Å². The molecule has 9 heteroatoms. The Kier molecular flexibility index (Phi) is 11.3. The van der Waals surface area contributed by atoms with E-state index < -0.39 is 23.2 Å². The Labute approximate surface area is 209 Å². The summed E-state index contributed by atoms with van der Waals surface area (Å²) >= 11 is 0. The first kappa shape index (κ1) is 29.7. The van der Waals surface area contributed by atoms with Gasteiger partial charge < -0.3 is 19.1 Å². The third kappa shape index (κ3) is 11.2. The van der Waals surface area contributed by atoms with E-state index in [1.54, 1.807) is 46.4 Å². The van der Waals surface area contributed by atoms with E-state index in [9.17, 15) is 14.4 Å². The summed E-state index contributed by atoms with van der Waals surface area (Å²) in [6, 6.07) is 8.72. The van der Waals surface area contributed by atoms with E-state index in [0.717, 1.165) is 5.56 Å². The maximum Gasteiger partial charge on any atom is 0.410 e. The molecule has 0 aliphatic carbocycles. The SMILES string of the molecule is CC(C)(C)OC(=O)CC[C@H](N[C@H]1CCN(C(=O)OCc2ccccc2)C1)C(=O)OC(C)(C)C.Cl. The summed E-state index contributed by atoms with van der Waals surface area (Å²) in [5.74, 6) is -0.786. The maximum atomic E-state index is 12.8. The van der Waals surface area contributed by atoms with Gasteiger partial charge in [0.1, 0.15) is 23.9 Å². The minimum Gasteiger partial charge on any atom is -0.460 e. The van der Waals surface area contributed by atoms with Crippen LogP contribution in [0.3, 0.4) is 0 Å². The van der Waals surface area contributed by atoms with Crippen molar-refractivity contribution < 1.29 is 28.6 Å². The van der Waals surface area contributed by atoms with Crippen molar-refractivity contribution in [1.29, 1.82) is 0 Å². The lowest BCUT2D eigenvalue weighted by atomic mass is 10.1. The van der Waals surface area contributed by atoms with E-state index in [1.165, 1.54) is 0 Å². The van der Waals surface area contributed by atoms with E-state index in [1.807, 2.05) is 30.3 Å². The fourth-order valence-corrected chi connectivity index (χ4v) is 3.45. The van der Waals surface area contributed by atoms with Crippen molar-refractivity contribution in [1.82, 2.24) is 10.2 Å². The van der Waals surface area contributed by atoms with Crippen LogP contribution in [-0.2, 0) is 30.4 Å². The molecule has 1 heterocycles. The number of benzene rings is 1. The van der Waals surface area contributed by atoms with Crippen molar-refractivity contribution in [2.24, 2.45) is 0 Å². The van der Waals surface area contributed by atoms with Crippen molar-refractivity contribution in [2.75, 3.05) is 13.1 Å². The Hall–Kier alpha value is -2.32. The number of nitrogens with zero attached hydrogens (tertiary/aromatic N) is 1. The highest BCUT2D eigenvalue weighted by Crippen LogP contribution is 2.17. The minimum absolute atomic E-state index is 0. The highest BCUT2D eigenvalue weighted by atomic mass is 35.5. The summed E-state index contributed by atoms with van der Waals surface area (Å²) in [6.07, 6.45) is 0.625. The van der Waals surface area contributed by atoms with Gasteiger partial charge in [0.2, 0.25) is 0 Å². The summed E-state index contributed by atoms with van der Waals surface area (Å²) in [5, 5.41) is 3.28. The predicted molar refractivity (Wildman–Crippen MR) is 132 cm³/mol. The van der Waals surface area contributed by atoms with E-state index >= 15 is 0 Å². The number of ether oxygens (including phenoxy) is 3. The molecule has 1 saturated heterocycles. The van der Waals surface area contributed by atoms with Crippen LogP contribution in [0.2, 0.25) is 0 Å². The summed E-state index contributed by atoms with van der Waals surface area (Å²) in [5.41, 5.74) is -0.309. The van der Waals surface area contributed by atoms with Crippen molar-refractivity contribution in [3.63, 3.8) is 0 Å². The van der Waals surface area contributed by atoms with E-state index in [2.05, 4.69) is 5.32 Å². The van der Waals surface area contributed by atoms with Crippen LogP contribution < -0.4 is 5.32 Å². The third-order valence-electron chi connectivity index (χ3n) is 4.84. The second-order valence-electron chi connectivity index (χ2n) is 10.3. The lowest BCUT2D eigenvalue weighted by Crippen LogP contribution is -2.47. The second-order valence-corrected chi connectivity index (χ2v) is 10.3. The van der Waals surface area contributed by atoms with E-state index in [4.69, 9.17) is 14.2 Å². The third-order valence-corrected chi connectivity index (χ3v) is 4.84. The highest BCUT2D eigenvalue weighted by Gasteiger charge is 2.33. The number of likely N-dealkylation sites (tertiary alicyclic amines) is 1. The number of hydrogen-bond donors (Lipinski definition) is 1. The monoisotopic (exact) mass is 498 g/mol. The molecule has 2 rings (SSSR count).